The van der Waals surface area contributed by atoms with Crippen LogP contribution in [0.15, 0.2) is 30.3 Å². The molecule has 3 heteroatoms. The van der Waals surface area contributed by atoms with Gasteiger partial charge < -0.3 is 0 Å². The van der Waals surface area contributed by atoms with Crippen molar-refractivity contribution in [3.05, 3.63) is 35.2 Å². The van der Waals surface area contributed by atoms with Crippen LogP contribution in [0.1, 0.15) is 24.6 Å². The first-order valence-electron chi connectivity index (χ1n) is 5.28. The van der Waals surface area contributed by atoms with Gasteiger partial charge in [0.15, 0.2) is 0 Å². The minimum atomic E-state index is 1.06. The Morgan fingerprint density at radius 2 is 2.00 bits per heavy atom. The molecule has 1 aromatic carbocycles. The third-order valence-electron chi connectivity index (χ3n) is 2.36. The third kappa shape index (κ3) is 2.42. The Balaban J connectivity index is 2.25. The zero-order valence-electron chi connectivity index (χ0n) is 8.81. The van der Waals surface area contributed by atoms with Gasteiger partial charge in [-0.1, -0.05) is 48.2 Å². The van der Waals surface area contributed by atoms with Gasteiger partial charge in [0.25, 0.3) is 0 Å². The van der Waals surface area contributed by atoms with Gasteiger partial charge in [-0.15, -0.1) is 5.10 Å². The monoisotopic (exact) mass is 218 g/mol. The highest BCUT2D eigenvalue weighted by Crippen LogP contribution is 2.24. The maximum absolute atomic E-state index is 4.21. The average molecular weight is 218 g/mol. The average Bonchev–Trinajstić information content (AvgIpc) is 2.75. The van der Waals surface area contributed by atoms with Crippen molar-refractivity contribution in [3.8, 4) is 11.3 Å². The lowest BCUT2D eigenvalue weighted by molar-refractivity contribution is 0.803. The van der Waals surface area contributed by atoms with Crippen LogP contribution in [-0.2, 0) is 6.42 Å². The summed E-state index contributed by atoms with van der Waals surface area (Å²) in [6.45, 7) is 2.21. The molecule has 0 bridgehead atoms. The molecule has 0 aliphatic rings. The van der Waals surface area contributed by atoms with E-state index in [-0.39, 0.29) is 0 Å². The van der Waals surface area contributed by atoms with Gasteiger partial charge in [0.05, 0.1) is 4.88 Å². The first-order chi connectivity index (χ1) is 7.42. The van der Waals surface area contributed by atoms with Crippen molar-refractivity contribution in [1.29, 1.82) is 0 Å². The van der Waals surface area contributed by atoms with E-state index in [0.29, 0.717) is 0 Å². The molecular formula is C12H14N2S. The lowest BCUT2D eigenvalue weighted by Gasteiger charge is -1.99. The zero-order valence-corrected chi connectivity index (χ0v) is 9.63. The minimum Gasteiger partial charge on any atom is -0.138 e. The maximum atomic E-state index is 4.21. The second-order valence-electron chi connectivity index (χ2n) is 3.51. The zero-order chi connectivity index (χ0) is 10.5. The van der Waals surface area contributed by atoms with Crippen LogP contribution in [0.5, 0.6) is 0 Å². The number of unbranched alkanes of at least 4 members (excludes halogenated alkanes) is 1. The number of hydrogen-bond acceptors (Lipinski definition) is 3. The molecule has 2 nitrogen and oxygen atoms in total. The number of nitrogens with zero attached hydrogens (tertiary/aromatic N) is 2. The maximum Gasteiger partial charge on any atom is 0.109 e. The molecule has 0 saturated carbocycles. The van der Waals surface area contributed by atoms with Crippen LogP contribution in [0.2, 0.25) is 0 Å². The van der Waals surface area contributed by atoms with Gasteiger partial charge in [-0.05, 0) is 24.4 Å². The first-order valence-corrected chi connectivity index (χ1v) is 6.06. The van der Waals surface area contributed by atoms with Crippen LogP contribution < -0.4 is 0 Å². The van der Waals surface area contributed by atoms with Crippen LogP contribution in [-0.4, -0.2) is 9.59 Å². The molecular weight excluding hydrogens is 204 g/mol. The van der Waals surface area contributed by atoms with Gasteiger partial charge in [0, 0.05) is 5.56 Å². The van der Waals surface area contributed by atoms with Crippen molar-refractivity contribution in [2.45, 2.75) is 26.2 Å². The third-order valence-corrected chi connectivity index (χ3v) is 3.14. The predicted molar refractivity (Wildman–Crippen MR) is 64.0 cm³/mol. The Morgan fingerprint density at radius 1 is 1.20 bits per heavy atom. The summed E-state index contributed by atoms with van der Waals surface area (Å²) >= 11 is 1.52. The molecule has 15 heavy (non-hydrogen) atoms. The fourth-order valence-corrected chi connectivity index (χ4v) is 2.23. The fourth-order valence-electron chi connectivity index (χ4n) is 1.53. The molecule has 1 aromatic heterocycles. The van der Waals surface area contributed by atoms with Crippen molar-refractivity contribution in [3.63, 3.8) is 0 Å². The van der Waals surface area contributed by atoms with Gasteiger partial charge >= 0.3 is 0 Å². The SMILES string of the molecule is CCCCc1snnc1-c1ccccc1. The highest BCUT2D eigenvalue weighted by molar-refractivity contribution is 7.05. The molecule has 0 aliphatic carbocycles. The standard InChI is InChI=1S/C12H14N2S/c1-2-3-9-11-12(13-14-15-11)10-7-5-4-6-8-10/h4-8H,2-3,9H2,1H3. The van der Waals surface area contributed by atoms with E-state index in [4.69, 9.17) is 0 Å². The van der Waals surface area contributed by atoms with E-state index in [1.165, 1.54) is 34.8 Å². The van der Waals surface area contributed by atoms with Crippen LogP contribution in [0.4, 0.5) is 0 Å². The van der Waals surface area contributed by atoms with Gasteiger partial charge in [-0.25, -0.2) is 0 Å². The fraction of sp³-hybridized carbons (Fsp3) is 0.333. The Bertz CT molecular complexity index is 409. The molecule has 0 fully saturated rings. The normalized spacial score (nSPS) is 10.5. The highest BCUT2D eigenvalue weighted by atomic mass is 32.1. The number of aromatic nitrogens is 2. The molecule has 0 amide bonds. The quantitative estimate of drug-likeness (QED) is 0.784. The Morgan fingerprint density at radius 3 is 2.73 bits per heavy atom. The van der Waals surface area contributed by atoms with Crippen LogP contribution >= 0.6 is 11.5 Å². The summed E-state index contributed by atoms with van der Waals surface area (Å²) in [5.41, 5.74) is 2.24. The highest BCUT2D eigenvalue weighted by Gasteiger charge is 2.08. The summed E-state index contributed by atoms with van der Waals surface area (Å²) < 4.78 is 4.04. The van der Waals surface area contributed by atoms with E-state index in [9.17, 15) is 0 Å². The molecule has 0 spiro atoms. The lowest BCUT2D eigenvalue weighted by Crippen LogP contribution is -1.85. The lowest BCUT2D eigenvalue weighted by atomic mass is 10.1. The molecule has 0 radical (unpaired) electrons. The number of aryl methyl sites for hydroxylation is 1. The summed E-state index contributed by atoms with van der Waals surface area (Å²) in [6, 6.07) is 10.3. The van der Waals surface area contributed by atoms with Gasteiger partial charge in [-0.2, -0.15) is 0 Å². The second-order valence-corrected chi connectivity index (χ2v) is 4.35. The molecule has 0 aliphatic heterocycles. The predicted octanol–water partition coefficient (Wildman–Crippen LogP) is 3.55. The van der Waals surface area contributed by atoms with Gasteiger partial charge in [0.1, 0.15) is 5.69 Å². The molecule has 0 atom stereocenters. The van der Waals surface area contributed by atoms with Crippen LogP contribution in [0.25, 0.3) is 11.3 Å². The van der Waals surface area contributed by atoms with Crippen molar-refractivity contribution in [2.75, 3.05) is 0 Å². The molecule has 1 heterocycles. The van der Waals surface area contributed by atoms with Crippen molar-refractivity contribution in [2.24, 2.45) is 0 Å². The Hall–Kier alpha value is -1.22. The molecule has 0 N–H and O–H groups in total. The number of rotatable bonds is 4. The van der Waals surface area contributed by atoms with Crippen molar-refractivity contribution >= 4 is 11.5 Å². The minimum absolute atomic E-state index is 1.06. The van der Waals surface area contributed by atoms with E-state index in [1.807, 2.05) is 18.2 Å². The Labute approximate surface area is 94.1 Å². The molecule has 2 aromatic rings. The molecule has 2 rings (SSSR count). The summed E-state index contributed by atoms with van der Waals surface area (Å²) in [5.74, 6) is 0. The Kier molecular flexibility index (Phi) is 3.45. The number of benzene rings is 1. The second kappa shape index (κ2) is 5.03. The van der Waals surface area contributed by atoms with E-state index >= 15 is 0 Å². The summed E-state index contributed by atoms with van der Waals surface area (Å²) in [7, 11) is 0. The summed E-state index contributed by atoms with van der Waals surface area (Å²) in [5, 5.41) is 4.21. The van der Waals surface area contributed by atoms with E-state index in [2.05, 4.69) is 28.6 Å². The van der Waals surface area contributed by atoms with E-state index in [0.717, 1.165) is 12.1 Å². The van der Waals surface area contributed by atoms with Crippen LogP contribution in [0.3, 0.4) is 0 Å². The number of hydrogen-bond donors (Lipinski definition) is 0. The molecule has 78 valence electrons. The first kappa shape index (κ1) is 10.3. The van der Waals surface area contributed by atoms with E-state index < -0.39 is 0 Å². The van der Waals surface area contributed by atoms with Crippen LogP contribution in [0, 0.1) is 0 Å². The smallest absolute Gasteiger partial charge is 0.109 e. The van der Waals surface area contributed by atoms with Crippen molar-refractivity contribution in [1.82, 2.24) is 9.59 Å². The van der Waals surface area contributed by atoms with Gasteiger partial charge in [0.2, 0.25) is 0 Å². The molecule has 0 saturated heterocycles. The topological polar surface area (TPSA) is 25.8 Å². The summed E-state index contributed by atoms with van der Waals surface area (Å²) in [4.78, 5) is 1.31. The van der Waals surface area contributed by atoms with Gasteiger partial charge in [-0.3, -0.25) is 0 Å². The molecule has 0 unspecified atom stereocenters. The largest absolute Gasteiger partial charge is 0.138 e. The summed E-state index contributed by atoms with van der Waals surface area (Å²) in [6.07, 6.45) is 3.52. The van der Waals surface area contributed by atoms with E-state index in [1.54, 1.807) is 0 Å². The van der Waals surface area contributed by atoms with Crippen molar-refractivity contribution < 1.29 is 0 Å².